The lowest BCUT2D eigenvalue weighted by atomic mass is 10.2. The Morgan fingerprint density at radius 3 is 1.83 bits per heavy atom. The molecule has 1 aliphatic rings. The van der Waals surface area contributed by atoms with E-state index in [1.165, 1.54) is 0 Å². The number of aliphatic carboxylic acids is 2. The van der Waals surface area contributed by atoms with Crippen molar-refractivity contribution in [3.63, 3.8) is 0 Å². The van der Waals surface area contributed by atoms with E-state index in [1.54, 1.807) is 0 Å². The molecule has 158 valence electrons. The normalized spacial score (nSPS) is 14.8. The van der Waals surface area contributed by atoms with E-state index < -0.39 is 35.8 Å². The predicted octanol–water partition coefficient (Wildman–Crippen LogP) is -2.19. The summed E-state index contributed by atoms with van der Waals surface area (Å²) >= 11 is 0. The molecule has 0 aromatic carbocycles. The smallest absolute Gasteiger partial charge is 0.303 e. The van der Waals surface area contributed by atoms with Gasteiger partial charge in [0.1, 0.15) is 12.6 Å². The van der Waals surface area contributed by atoms with Crippen molar-refractivity contribution in [2.75, 3.05) is 6.54 Å². The van der Waals surface area contributed by atoms with Crippen molar-refractivity contribution >= 4 is 36.3 Å². The Balaban J connectivity index is 2.63. The van der Waals surface area contributed by atoms with Crippen LogP contribution in [-0.4, -0.2) is 65.2 Å². The van der Waals surface area contributed by atoms with Crippen molar-refractivity contribution < 1.29 is 39.0 Å². The predicted molar refractivity (Wildman–Crippen MR) is 92.7 cm³/mol. The number of carbonyl (C=O) groups excluding carboxylic acids is 4. The van der Waals surface area contributed by atoms with Gasteiger partial charge in [-0.15, -0.1) is 5.11 Å². The molecule has 0 spiro atoms. The lowest BCUT2D eigenvalue weighted by Crippen LogP contribution is -2.47. The van der Waals surface area contributed by atoms with Gasteiger partial charge in [0.25, 0.3) is 11.8 Å². The van der Waals surface area contributed by atoms with Crippen molar-refractivity contribution in [1.82, 2.24) is 21.7 Å². The zero-order valence-electron chi connectivity index (χ0n) is 15.1. The van der Waals surface area contributed by atoms with Crippen LogP contribution >= 0.6 is 0 Å². The average molecular weight is 412 g/mol. The minimum Gasteiger partial charge on any atom is -0.481 e. The van der Waals surface area contributed by atoms with Gasteiger partial charge in [-0.25, -0.2) is 10.9 Å². The van der Waals surface area contributed by atoms with Crippen LogP contribution in [0.15, 0.2) is 21.5 Å². The molecule has 0 radical (unpaired) electrons. The van der Waals surface area contributed by atoms with E-state index in [4.69, 9.17) is 10.2 Å². The van der Waals surface area contributed by atoms with Crippen molar-refractivity contribution in [3.8, 4) is 0 Å². The molecule has 0 aromatic rings. The molecule has 14 heteroatoms. The maximum atomic E-state index is 12.2. The number of nitrogens with zero attached hydrogens (tertiary/aromatic N) is 2. The summed E-state index contributed by atoms with van der Waals surface area (Å²) in [6, 6.07) is -1.91. The van der Waals surface area contributed by atoms with E-state index in [9.17, 15) is 28.8 Å². The van der Waals surface area contributed by atoms with E-state index in [1.807, 2.05) is 0 Å². The Kier molecular flexibility index (Phi) is 9.76. The van der Waals surface area contributed by atoms with Gasteiger partial charge in [-0.3, -0.25) is 30.0 Å². The summed E-state index contributed by atoms with van der Waals surface area (Å²) < 4.78 is 0. The Hall–Kier alpha value is -3.52. The van der Waals surface area contributed by atoms with Gasteiger partial charge in [0.2, 0.25) is 0 Å². The third-order valence-corrected chi connectivity index (χ3v) is 3.58. The molecule has 0 fully saturated rings. The lowest BCUT2D eigenvalue weighted by molar-refractivity contribution is -0.138. The second-order valence-electron chi connectivity index (χ2n) is 5.77. The number of nitrogens with one attached hydrogen (secondary N) is 4. The van der Waals surface area contributed by atoms with Crippen LogP contribution in [0.5, 0.6) is 0 Å². The second-order valence-corrected chi connectivity index (χ2v) is 5.77. The highest BCUT2D eigenvalue weighted by Crippen LogP contribution is 2.15. The SMILES string of the molecule is O=C[C@H](CCC(=O)O)NNC(=O)C1=C(C(=O)NN[C@H](C=O)CCC(=O)O)N=NC1. The fraction of sp³-hybridized carbons (Fsp3) is 0.467. The Bertz CT molecular complexity index is 734. The molecule has 0 bridgehead atoms. The number of carboxylic acid groups (broad SMARTS) is 2. The molecule has 0 aromatic heterocycles. The van der Waals surface area contributed by atoms with Crippen LogP contribution < -0.4 is 21.7 Å². The highest BCUT2D eigenvalue weighted by Gasteiger charge is 2.26. The molecule has 2 amide bonds. The van der Waals surface area contributed by atoms with Crippen LogP contribution in [0.2, 0.25) is 0 Å². The van der Waals surface area contributed by atoms with Crippen LogP contribution in [0, 0.1) is 0 Å². The molecule has 0 unspecified atom stereocenters. The number of hydrazine groups is 2. The molecular weight excluding hydrogens is 392 g/mol. The lowest BCUT2D eigenvalue weighted by Gasteiger charge is -2.14. The molecule has 14 nitrogen and oxygen atoms in total. The van der Waals surface area contributed by atoms with E-state index in [2.05, 4.69) is 31.9 Å². The molecule has 1 heterocycles. The van der Waals surface area contributed by atoms with Crippen LogP contribution in [0.25, 0.3) is 0 Å². The summed E-state index contributed by atoms with van der Waals surface area (Å²) in [5.41, 5.74) is 8.54. The molecule has 2 atom stereocenters. The van der Waals surface area contributed by atoms with E-state index in [0.29, 0.717) is 12.6 Å². The number of azo groups is 1. The van der Waals surface area contributed by atoms with Gasteiger partial charge in [0, 0.05) is 12.8 Å². The zero-order chi connectivity index (χ0) is 21.8. The first-order chi connectivity index (χ1) is 13.8. The Labute approximate surface area is 163 Å². The zero-order valence-corrected chi connectivity index (χ0v) is 15.1. The highest BCUT2D eigenvalue weighted by atomic mass is 16.4. The Morgan fingerprint density at radius 2 is 1.38 bits per heavy atom. The van der Waals surface area contributed by atoms with Crippen molar-refractivity contribution in [2.24, 2.45) is 10.2 Å². The number of aldehydes is 2. The number of hydrogen-bond acceptors (Lipinski definition) is 10. The summed E-state index contributed by atoms with van der Waals surface area (Å²) in [6.07, 6.45) is 0.123. The molecule has 1 aliphatic heterocycles. The highest BCUT2D eigenvalue weighted by molar-refractivity contribution is 6.05. The average Bonchev–Trinajstić information content (AvgIpc) is 3.17. The van der Waals surface area contributed by atoms with Crippen LogP contribution in [0.4, 0.5) is 0 Å². The van der Waals surface area contributed by atoms with Crippen molar-refractivity contribution in [2.45, 2.75) is 37.8 Å². The number of hydrogen-bond donors (Lipinski definition) is 6. The molecular formula is C15H20N6O8. The van der Waals surface area contributed by atoms with Gasteiger partial charge in [-0.2, -0.15) is 5.11 Å². The van der Waals surface area contributed by atoms with Gasteiger partial charge in [-0.05, 0) is 12.8 Å². The minimum absolute atomic E-state index is 0.0619. The van der Waals surface area contributed by atoms with E-state index in [-0.39, 0.29) is 43.5 Å². The quantitative estimate of drug-likeness (QED) is 0.134. The second kappa shape index (κ2) is 12.0. The number of amides is 2. The molecule has 6 N–H and O–H groups in total. The molecule has 29 heavy (non-hydrogen) atoms. The third-order valence-electron chi connectivity index (χ3n) is 3.58. The first kappa shape index (κ1) is 23.5. The maximum Gasteiger partial charge on any atom is 0.303 e. The monoisotopic (exact) mass is 412 g/mol. The van der Waals surface area contributed by atoms with Gasteiger partial charge in [0.05, 0.1) is 24.2 Å². The van der Waals surface area contributed by atoms with Crippen LogP contribution in [0.1, 0.15) is 25.7 Å². The van der Waals surface area contributed by atoms with E-state index in [0.717, 1.165) is 0 Å². The topological polar surface area (TPSA) is 216 Å². The van der Waals surface area contributed by atoms with Crippen LogP contribution in [-0.2, 0) is 28.8 Å². The summed E-state index contributed by atoms with van der Waals surface area (Å²) in [6.45, 7) is -0.215. The first-order valence-corrected chi connectivity index (χ1v) is 8.35. The van der Waals surface area contributed by atoms with E-state index >= 15 is 0 Å². The maximum absolute atomic E-state index is 12.2. The number of rotatable bonds is 14. The standard InChI is InChI=1S/C15H20N6O8/c22-6-8(1-3-11(24)25)17-20-14(28)10-5-16-19-13(10)15(29)21-18-9(7-23)2-4-12(26)27/h6-9,17-18H,1-5H2,(H,20,28)(H,21,29)(H,24,25)(H,26,27)/t8-,9-/m0/s1. The summed E-state index contributed by atoms with van der Waals surface area (Å²) in [7, 11) is 0. The van der Waals surface area contributed by atoms with Gasteiger partial charge in [-0.1, -0.05) is 0 Å². The minimum atomic E-state index is -1.11. The van der Waals surface area contributed by atoms with Crippen molar-refractivity contribution in [3.05, 3.63) is 11.3 Å². The molecule has 1 rings (SSSR count). The largest absolute Gasteiger partial charge is 0.481 e. The molecule has 0 saturated carbocycles. The fourth-order valence-electron chi connectivity index (χ4n) is 2.03. The molecule has 0 aliphatic carbocycles. The third kappa shape index (κ3) is 8.35. The van der Waals surface area contributed by atoms with Gasteiger partial charge >= 0.3 is 11.9 Å². The summed E-state index contributed by atoms with van der Waals surface area (Å²) in [5, 5.41) is 24.4. The number of carbonyl (C=O) groups is 6. The molecule has 0 saturated heterocycles. The number of carboxylic acids is 2. The summed E-state index contributed by atoms with van der Waals surface area (Å²) in [5.74, 6) is -3.90. The first-order valence-electron chi connectivity index (χ1n) is 8.35. The van der Waals surface area contributed by atoms with Crippen LogP contribution in [0.3, 0.4) is 0 Å². The van der Waals surface area contributed by atoms with Gasteiger partial charge in [0.15, 0.2) is 5.70 Å². The summed E-state index contributed by atoms with van der Waals surface area (Å²) in [4.78, 5) is 67.2. The van der Waals surface area contributed by atoms with Crippen molar-refractivity contribution in [1.29, 1.82) is 0 Å². The Morgan fingerprint density at radius 1 is 0.897 bits per heavy atom. The van der Waals surface area contributed by atoms with Gasteiger partial charge < -0.3 is 19.8 Å². The fourth-order valence-corrected chi connectivity index (χ4v) is 2.03.